The maximum atomic E-state index is 12.1. The molecular weight excluding hydrogens is 244 g/mol. The largest absolute Gasteiger partial charge is 0.294 e. The van der Waals surface area contributed by atoms with Gasteiger partial charge in [-0.15, -0.1) is 0 Å². The fraction of sp³-hybridized carbons (Fsp3) is 0.632. The highest BCUT2D eigenvalue weighted by molar-refractivity contribution is 5.96. The van der Waals surface area contributed by atoms with E-state index < -0.39 is 0 Å². The average molecular weight is 272 g/mol. The van der Waals surface area contributed by atoms with Gasteiger partial charge in [-0.25, -0.2) is 0 Å². The number of ketones is 1. The zero-order valence-electron chi connectivity index (χ0n) is 12.9. The molecule has 0 aromatic heterocycles. The van der Waals surface area contributed by atoms with Crippen molar-refractivity contribution in [3.63, 3.8) is 0 Å². The molecule has 1 heteroatoms. The molecule has 0 heterocycles. The van der Waals surface area contributed by atoms with Gasteiger partial charge in [-0.2, -0.15) is 0 Å². The molecular formula is C19H28O. The first kappa shape index (κ1) is 15.3. The van der Waals surface area contributed by atoms with Gasteiger partial charge in [0, 0.05) is 12.0 Å². The Bertz CT molecular complexity index is 398. The van der Waals surface area contributed by atoms with E-state index in [2.05, 4.69) is 19.1 Å². The van der Waals surface area contributed by atoms with E-state index in [-0.39, 0.29) is 0 Å². The Morgan fingerprint density at radius 1 is 1.00 bits per heavy atom. The predicted octanol–water partition coefficient (Wildman–Crippen LogP) is 5.89. The summed E-state index contributed by atoms with van der Waals surface area (Å²) in [6.45, 7) is 2.20. The molecule has 20 heavy (non-hydrogen) atoms. The normalized spacial score (nSPS) is 16.2. The summed E-state index contributed by atoms with van der Waals surface area (Å²) in [4.78, 5) is 12.1. The van der Waals surface area contributed by atoms with Crippen molar-refractivity contribution < 1.29 is 4.79 Å². The molecule has 1 fully saturated rings. The minimum absolute atomic E-state index is 0.316. The molecule has 0 radical (unpaired) electrons. The number of hydrogen-bond donors (Lipinski definition) is 0. The van der Waals surface area contributed by atoms with Crippen molar-refractivity contribution >= 4 is 5.78 Å². The van der Waals surface area contributed by atoms with Gasteiger partial charge in [0.15, 0.2) is 5.78 Å². The Hall–Kier alpha value is -1.11. The second-order valence-electron chi connectivity index (χ2n) is 6.19. The maximum Gasteiger partial charge on any atom is 0.162 e. The highest BCUT2D eigenvalue weighted by atomic mass is 16.1. The lowest BCUT2D eigenvalue weighted by atomic mass is 9.84. The number of unbranched alkanes of at least 4 members (excludes halogenated alkanes) is 3. The van der Waals surface area contributed by atoms with Gasteiger partial charge in [0.1, 0.15) is 0 Å². The van der Waals surface area contributed by atoms with E-state index in [0.717, 1.165) is 17.9 Å². The minimum atomic E-state index is 0.316. The smallest absolute Gasteiger partial charge is 0.162 e. The van der Waals surface area contributed by atoms with Crippen molar-refractivity contribution in [1.29, 1.82) is 0 Å². The lowest BCUT2D eigenvalue weighted by Gasteiger charge is -2.22. The molecule has 1 nitrogen and oxygen atoms in total. The van der Waals surface area contributed by atoms with Crippen LogP contribution < -0.4 is 0 Å². The number of rotatable bonds is 7. The average Bonchev–Trinajstić information content (AvgIpc) is 2.52. The molecule has 1 aromatic rings. The number of Topliss-reactive ketones (excluding diaryl/α,β-unsaturated/α-hetero) is 1. The van der Waals surface area contributed by atoms with E-state index >= 15 is 0 Å². The Balaban J connectivity index is 1.85. The Morgan fingerprint density at radius 3 is 2.35 bits per heavy atom. The first-order valence-corrected chi connectivity index (χ1v) is 8.44. The lowest BCUT2D eigenvalue weighted by Crippen LogP contribution is -2.05. The zero-order chi connectivity index (χ0) is 14.2. The number of benzene rings is 1. The molecule has 0 aliphatic heterocycles. The van der Waals surface area contributed by atoms with Gasteiger partial charge in [0.05, 0.1) is 0 Å². The van der Waals surface area contributed by atoms with Gasteiger partial charge in [-0.3, -0.25) is 4.79 Å². The summed E-state index contributed by atoms with van der Waals surface area (Å²) >= 11 is 0. The number of carbonyl (C=O) groups excluding carboxylic acids is 1. The Morgan fingerprint density at radius 2 is 1.70 bits per heavy atom. The second kappa shape index (κ2) is 8.24. The first-order chi connectivity index (χ1) is 9.81. The molecule has 1 aromatic carbocycles. The van der Waals surface area contributed by atoms with Crippen LogP contribution >= 0.6 is 0 Å². The molecule has 0 spiro atoms. The first-order valence-electron chi connectivity index (χ1n) is 8.44. The van der Waals surface area contributed by atoms with Crippen LogP contribution in [0.4, 0.5) is 0 Å². The maximum absolute atomic E-state index is 12.1. The summed E-state index contributed by atoms with van der Waals surface area (Å²) in [5.74, 6) is 1.05. The molecule has 0 unspecified atom stereocenters. The second-order valence-corrected chi connectivity index (χ2v) is 6.19. The summed E-state index contributed by atoms with van der Waals surface area (Å²) < 4.78 is 0. The molecule has 1 saturated carbocycles. The van der Waals surface area contributed by atoms with Crippen LogP contribution in [0.3, 0.4) is 0 Å². The van der Waals surface area contributed by atoms with E-state index in [1.807, 2.05) is 12.1 Å². The standard InChI is InChI=1S/C19H28O/c1-2-3-4-8-11-19(20)18-14-12-17(13-15-18)16-9-6-5-7-10-16/h12-16H,2-11H2,1H3. The number of carbonyl (C=O) groups is 1. The lowest BCUT2D eigenvalue weighted by molar-refractivity contribution is 0.0979. The van der Waals surface area contributed by atoms with E-state index in [1.165, 1.54) is 56.9 Å². The minimum Gasteiger partial charge on any atom is -0.294 e. The topological polar surface area (TPSA) is 17.1 Å². The van der Waals surface area contributed by atoms with Gasteiger partial charge in [0.2, 0.25) is 0 Å². The van der Waals surface area contributed by atoms with Crippen LogP contribution in [0.5, 0.6) is 0 Å². The molecule has 0 bridgehead atoms. The summed E-state index contributed by atoms with van der Waals surface area (Å²) in [6.07, 6.45) is 12.2. The summed E-state index contributed by atoms with van der Waals surface area (Å²) in [5.41, 5.74) is 2.34. The van der Waals surface area contributed by atoms with Gasteiger partial charge >= 0.3 is 0 Å². The summed E-state index contributed by atoms with van der Waals surface area (Å²) in [6, 6.07) is 8.47. The third-order valence-corrected chi connectivity index (χ3v) is 4.57. The van der Waals surface area contributed by atoms with Crippen LogP contribution in [0.15, 0.2) is 24.3 Å². The molecule has 1 aliphatic rings. The molecule has 0 atom stereocenters. The van der Waals surface area contributed by atoms with E-state index in [4.69, 9.17) is 0 Å². The Kier molecular flexibility index (Phi) is 6.29. The third-order valence-electron chi connectivity index (χ3n) is 4.57. The molecule has 1 aliphatic carbocycles. The summed E-state index contributed by atoms with van der Waals surface area (Å²) in [5, 5.41) is 0. The van der Waals surface area contributed by atoms with Gasteiger partial charge in [-0.05, 0) is 30.7 Å². The van der Waals surface area contributed by atoms with Crippen LogP contribution in [0.1, 0.15) is 93.0 Å². The molecule has 0 N–H and O–H groups in total. The molecule has 110 valence electrons. The van der Waals surface area contributed by atoms with E-state index in [1.54, 1.807) is 0 Å². The molecule has 0 saturated heterocycles. The van der Waals surface area contributed by atoms with E-state index in [0.29, 0.717) is 12.2 Å². The van der Waals surface area contributed by atoms with Crippen LogP contribution in [-0.4, -0.2) is 5.78 Å². The fourth-order valence-corrected chi connectivity index (χ4v) is 3.23. The van der Waals surface area contributed by atoms with Crippen molar-refractivity contribution in [2.45, 2.75) is 77.0 Å². The third kappa shape index (κ3) is 4.47. The van der Waals surface area contributed by atoms with Crippen molar-refractivity contribution in [3.8, 4) is 0 Å². The molecule has 2 rings (SSSR count). The quantitative estimate of drug-likeness (QED) is 0.447. The Labute approximate surface area is 123 Å². The van der Waals surface area contributed by atoms with Crippen molar-refractivity contribution in [1.82, 2.24) is 0 Å². The highest BCUT2D eigenvalue weighted by Gasteiger charge is 2.15. The van der Waals surface area contributed by atoms with Crippen LogP contribution in [0.25, 0.3) is 0 Å². The number of hydrogen-bond acceptors (Lipinski definition) is 1. The van der Waals surface area contributed by atoms with Crippen molar-refractivity contribution in [2.75, 3.05) is 0 Å². The van der Waals surface area contributed by atoms with Gasteiger partial charge < -0.3 is 0 Å². The van der Waals surface area contributed by atoms with Gasteiger partial charge in [-0.1, -0.05) is 69.7 Å². The monoisotopic (exact) mass is 272 g/mol. The van der Waals surface area contributed by atoms with Crippen LogP contribution in [0, 0.1) is 0 Å². The predicted molar refractivity (Wildman–Crippen MR) is 85.4 cm³/mol. The highest BCUT2D eigenvalue weighted by Crippen LogP contribution is 2.32. The van der Waals surface area contributed by atoms with Crippen molar-refractivity contribution in [3.05, 3.63) is 35.4 Å². The fourth-order valence-electron chi connectivity index (χ4n) is 3.23. The summed E-state index contributed by atoms with van der Waals surface area (Å²) in [7, 11) is 0. The zero-order valence-corrected chi connectivity index (χ0v) is 12.9. The SMILES string of the molecule is CCCCCCC(=O)c1ccc(C2CCCCC2)cc1. The van der Waals surface area contributed by atoms with Gasteiger partial charge in [0.25, 0.3) is 0 Å². The van der Waals surface area contributed by atoms with E-state index in [9.17, 15) is 4.79 Å². The van der Waals surface area contributed by atoms with Crippen LogP contribution in [0.2, 0.25) is 0 Å². The molecule has 0 amide bonds. The van der Waals surface area contributed by atoms with Crippen molar-refractivity contribution in [2.24, 2.45) is 0 Å². The van der Waals surface area contributed by atoms with Crippen LogP contribution in [-0.2, 0) is 0 Å².